The molecular formula is C29H34F4O. The Hall–Kier alpha value is -2.14. The van der Waals surface area contributed by atoms with Crippen LogP contribution in [0.1, 0.15) is 75.8 Å². The molecule has 5 heteroatoms. The van der Waals surface area contributed by atoms with E-state index in [4.69, 9.17) is 4.74 Å². The van der Waals surface area contributed by atoms with Gasteiger partial charge in [-0.2, -0.15) is 0 Å². The standard InChI is InChI=1S/C29H34F4O/c1-3-5-6-7-24-25(30)16-22(17-26(24)31)29-27(32)14-21(15-28(29)33)19-8-9-20-13-23(34-4-2)11-10-18(20)12-19/h3,5,14-20,23H,4,6-13H2,1-2H3/b5-3+. The minimum Gasteiger partial charge on any atom is -0.378 e. The molecule has 1 nitrogen and oxygen atoms in total. The molecule has 34 heavy (non-hydrogen) atoms. The first-order valence-corrected chi connectivity index (χ1v) is 12.6. The van der Waals surface area contributed by atoms with Crippen LogP contribution < -0.4 is 0 Å². The number of fused-ring (bicyclic) bond motifs is 1. The van der Waals surface area contributed by atoms with Gasteiger partial charge >= 0.3 is 0 Å². The van der Waals surface area contributed by atoms with Crippen molar-refractivity contribution >= 4 is 0 Å². The van der Waals surface area contributed by atoms with Crippen molar-refractivity contribution in [2.75, 3.05) is 6.61 Å². The van der Waals surface area contributed by atoms with Crippen molar-refractivity contribution < 1.29 is 22.3 Å². The molecule has 4 unspecified atom stereocenters. The Morgan fingerprint density at radius 2 is 1.50 bits per heavy atom. The van der Waals surface area contributed by atoms with Crippen molar-refractivity contribution in [2.24, 2.45) is 11.8 Å². The molecule has 0 aromatic heterocycles. The molecular weight excluding hydrogens is 440 g/mol. The maximum Gasteiger partial charge on any atom is 0.134 e. The van der Waals surface area contributed by atoms with Crippen molar-refractivity contribution in [3.05, 3.63) is 70.8 Å². The normalized spacial score (nSPS) is 25.0. The second-order valence-electron chi connectivity index (χ2n) is 9.81. The Kier molecular flexibility index (Phi) is 8.13. The number of benzene rings is 2. The predicted octanol–water partition coefficient (Wildman–Crippen LogP) is 8.51. The summed E-state index contributed by atoms with van der Waals surface area (Å²) in [4.78, 5) is 0. The molecule has 2 fully saturated rings. The molecule has 0 bridgehead atoms. The van der Waals surface area contributed by atoms with E-state index in [0.717, 1.165) is 57.3 Å². The minimum absolute atomic E-state index is 0.0601. The lowest BCUT2D eigenvalue weighted by atomic mass is 9.65. The van der Waals surface area contributed by atoms with Gasteiger partial charge in [0.05, 0.1) is 11.7 Å². The van der Waals surface area contributed by atoms with E-state index in [0.29, 0.717) is 29.9 Å². The number of hydrogen-bond donors (Lipinski definition) is 0. The third-order valence-corrected chi connectivity index (χ3v) is 7.73. The molecule has 0 radical (unpaired) electrons. The average molecular weight is 475 g/mol. The van der Waals surface area contributed by atoms with Crippen LogP contribution in [0, 0.1) is 35.1 Å². The fourth-order valence-corrected chi connectivity index (χ4v) is 6.02. The van der Waals surface area contributed by atoms with Crippen LogP contribution >= 0.6 is 0 Å². The molecule has 2 aromatic rings. The van der Waals surface area contributed by atoms with Gasteiger partial charge in [0.1, 0.15) is 23.3 Å². The third kappa shape index (κ3) is 5.40. The molecule has 0 aliphatic heterocycles. The van der Waals surface area contributed by atoms with E-state index in [1.165, 1.54) is 12.1 Å². The van der Waals surface area contributed by atoms with Gasteiger partial charge in [0, 0.05) is 12.2 Å². The summed E-state index contributed by atoms with van der Waals surface area (Å²) < 4.78 is 65.2. The first-order chi connectivity index (χ1) is 16.4. The Morgan fingerprint density at radius 1 is 0.853 bits per heavy atom. The molecule has 0 N–H and O–H groups in total. The average Bonchev–Trinajstić information content (AvgIpc) is 2.80. The molecule has 0 amide bonds. The number of ether oxygens (including phenoxy) is 1. The lowest BCUT2D eigenvalue weighted by molar-refractivity contribution is -0.00957. The minimum atomic E-state index is -0.775. The summed E-state index contributed by atoms with van der Waals surface area (Å²) in [6.45, 7) is 4.60. The first-order valence-electron chi connectivity index (χ1n) is 12.6. The van der Waals surface area contributed by atoms with Crippen molar-refractivity contribution in [3.8, 4) is 11.1 Å². The molecule has 2 saturated carbocycles. The summed E-state index contributed by atoms with van der Waals surface area (Å²) in [5.41, 5.74) is 0.111. The SMILES string of the molecule is C/C=C/CCc1c(F)cc(-c2c(F)cc(C3CCC4CC(OCC)CCC4C3)cc2F)cc1F. The number of halogens is 4. The lowest BCUT2D eigenvalue weighted by Gasteiger charge is -2.42. The van der Waals surface area contributed by atoms with Crippen molar-refractivity contribution in [1.29, 1.82) is 0 Å². The number of hydrogen-bond acceptors (Lipinski definition) is 1. The molecule has 184 valence electrons. The van der Waals surface area contributed by atoms with E-state index in [2.05, 4.69) is 0 Å². The van der Waals surface area contributed by atoms with Gasteiger partial charge in [-0.3, -0.25) is 0 Å². The molecule has 2 aromatic carbocycles. The molecule has 0 spiro atoms. The van der Waals surface area contributed by atoms with Crippen molar-refractivity contribution in [3.63, 3.8) is 0 Å². The molecule has 4 atom stereocenters. The summed E-state index contributed by atoms with van der Waals surface area (Å²) in [6.07, 6.45) is 10.7. The van der Waals surface area contributed by atoms with Crippen molar-refractivity contribution in [1.82, 2.24) is 0 Å². The highest BCUT2D eigenvalue weighted by Crippen LogP contribution is 2.47. The zero-order valence-corrected chi connectivity index (χ0v) is 20.1. The van der Waals surface area contributed by atoms with Gasteiger partial charge < -0.3 is 4.74 Å². The van der Waals surface area contributed by atoms with Gasteiger partial charge in [0.15, 0.2) is 0 Å². The van der Waals surface area contributed by atoms with E-state index in [1.807, 2.05) is 26.0 Å². The largest absolute Gasteiger partial charge is 0.378 e. The van der Waals surface area contributed by atoms with Gasteiger partial charge in [-0.15, -0.1) is 0 Å². The molecule has 2 aliphatic rings. The predicted molar refractivity (Wildman–Crippen MR) is 128 cm³/mol. The maximum absolute atomic E-state index is 15.1. The molecule has 2 aliphatic carbocycles. The van der Waals surface area contributed by atoms with E-state index < -0.39 is 23.3 Å². The fraction of sp³-hybridized carbons (Fsp3) is 0.517. The van der Waals surface area contributed by atoms with Crippen LogP contribution in [0.25, 0.3) is 11.1 Å². The summed E-state index contributed by atoms with van der Waals surface area (Å²) in [6, 6.07) is 4.81. The fourth-order valence-electron chi connectivity index (χ4n) is 6.02. The lowest BCUT2D eigenvalue weighted by Crippen LogP contribution is -2.33. The Balaban J connectivity index is 1.52. The molecule has 4 rings (SSSR count). The monoisotopic (exact) mass is 474 g/mol. The number of rotatable bonds is 7. The van der Waals surface area contributed by atoms with Gasteiger partial charge in [-0.25, -0.2) is 17.6 Å². The second kappa shape index (κ2) is 11.1. The van der Waals surface area contributed by atoms with E-state index in [1.54, 1.807) is 0 Å². The molecule has 0 saturated heterocycles. The van der Waals surface area contributed by atoms with Crippen LogP contribution in [-0.4, -0.2) is 12.7 Å². The molecule has 0 heterocycles. The quantitative estimate of drug-likeness (QED) is 0.289. The summed E-state index contributed by atoms with van der Waals surface area (Å²) in [5.74, 6) is -1.81. The van der Waals surface area contributed by atoms with Crippen LogP contribution in [0.15, 0.2) is 36.4 Å². The van der Waals surface area contributed by atoms with Gasteiger partial charge in [0.2, 0.25) is 0 Å². The summed E-state index contributed by atoms with van der Waals surface area (Å²) in [7, 11) is 0. The zero-order chi connectivity index (χ0) is 24.2. The maximum atomic E-state index is 15.1. The van der Waals surface area contributed by atoms with Crippen LogP contribution in [0.2, 0.25) is 0 Å². The third-order valence-electron chi connectivity index (χ3n) is 7.73. The van der Waals surface area contributed by atoms with E-state index in [9.17, 15) is 8.78 Å². The van der Waals surface area contributed by atoms with Crippen molar-refractivity contribution in [2.45, 2.75) is 77.2 Å². The van der Waals surface area contributed by atoms with Crippen LogP contribution in [-0.2, 0) is 11.2 Å². The summed E-state index contributed by atoms with van der Waals surface area (Å²) >= 11 is 0. The highest BCUT2D eigenvalue weighted by atomic mass is 19.1. The van der Waals surface area contributed by atoms with E-state index in [-0.39, 0.29) is 29.0 Å². The van der Waals surface area contributed by atoms with Crippen LogP contribution in [0.3, 0.4) is 0 Å². The van der Waals surface area contributed by atoms with Crippen LogP contribution in [0.4, 0.5) is 17.6 Å². The smallest absolute Gasteiger partial charge is 0.134 e. The Morgan fingerprint density at radius 3 is 2.15 bits per heavy atom. The second-order valence-corrected chi connectivity index (χ2v) is 9.81. The van der Waals surface area contributed by atoms with Gasteiger partial charge in [0.25, 0.3) is 0 Å². The Bertz CT molecular complexity index is 985. The zero-order valence-electron chi connectivity index (χ0n) is 20.1. The van der Waals surface area contributed by atoms with Gasteiger partial charge in [-0.05, 0) is 118 Å². The van der Waals surface area contributed by atoms with Gasteiger partial charge in [-0.1, -0.05) is 12.2 Å². The van der Waals surface area contributed by atoms with Crippen LogP contribution in [0.5, 0.6) is 0 Å². The summed E-state index contributed by atoms with van der Waals surface area (Å²) in [5, 5.41) is 0. The topological polar surface area (TPSA) is 9.23 Å². The number of allylic oxidation sites excluding steroid dienone is 2. The highest BCUT2D eigenvalue weighted by Gasteiger charge is 2.36. The first kappa shape index (κ1) is 25.0. The van der Waals surface area contributed by atoms with E-state index >= 15 is 8.78 Å². The highest BCUT2D eigenvalue weighted by molar-refractivity contribution is 5.66. The Labute approximate surface area is 200 Å².